The maximum atomic E-state index is 5.37. The van der Waals surface area contributed by atoms with Gasteiger partial charge in [-0.1, -0.05) is 29.4 Å². The minimum atomic E-state index is 0.0323. The first-order valence-electron chi connectivity index (χ1n) is 6.81. The second kappa shape index (κ2) is 5.06. The third-order valence-electron chi connectivity index (χ3n) is 3.59. The maximum Gasteiger partial charge on any atom is 0.244 e. The van der Waals surface area contributed by atoms with Crippen LogP contribution in [0.15, 0.2) is 47.2 Å². The monoisotopic (exact) mass is 279 g/mol. The largest absolute Gasteiger partial charge is 0.337 e. The Morgan fingerprint density at radius 1 is 1.00 bits per heavy atom. The van der Waals surface area contributed by atoms with Crippen molar-refractivity contribution in [2.45, 2.75) is 19.0 Å². The van der Waals surface area contributed by atoms with Crippen molar-refractivity contribution in [3.63, 3.8) is 0 Å². The Morgan fingerprint density at radius 3 is 2.67 bits per heavy atom. The minimum absolute atomic E-state index is 0.0323. The zero-order chi connectivity index (χ0) is 14.1. The third kappa shape index (κ3) is 2.30. The van der Waals surface area contributed by atoms with Crippen LogP contribution in [0, 0.1) is 0 Å². The number of benzene rings is 1. The molecule has 1 aliphatic rings. The lowest BCUT2D eigenvalue weighted by Gasteiger charge is -2.23. The van der Waals surface area contributed by atoms with Crippen LogP contribution in [0.2, 0.25) is 0 Å². The Hall–Kier alpha value is -2.60. The average molecular weight is 279 g/mol. The summed E-state index contributed by atoms with van der Waals surface area (Å²) < 4.78 is 5.37. The summed E-state index contributed by atoms with van der Waals surface area (Å²) in [6.45, 7) is 0.806. The van der Waals surface area contributed by atoms with E-state index in [0.717, 1.165) is 13.0 Å². The van der Waals surface area contributed by atoms with Crippen LogP contribution in [-0.4, -0.2) is 20.1 Å². The Balaban J connectivity index is 1.60. The van der Waals surface area contributed by atoms with Gasteiger partial charge >= 0.3 is 0 Å². The number of fused-ring (bicyclic) bond motifs is 1. The predicted octanol–water partition coefficient (Wildman–Crippen LogP) is 1.91. The van der Waals surface area contributed by atoms with Gasteiger partial charge in [-0.25, -0.2) is 9.97 Å². The van der Waals surface area contributed by atoms with E-state index < -0.39 is 0 Å². The number of rotatable bonds is 2. The summed E-state index contributed by atoms with van der Waals surface area (Å²) >= 11 is 0. The maximum absolute atomic E-state index is 5.37. The Morgan fingerprint density at radius 2 is 1.81 bits per heavy atom. The number of nitrogens with one attached hydrogen (secondary N) is 1. The summed E-state index contributed by atoms with van der Waals surface area (Å²) in [5, 5.41) is 7.39. The van der Waals surface area contributed by atoms with Crippen LogP contribution in [0.1, 0.15) is 23.1 Å². The minimum Gasteiger partial charge on any atom is -0.337 e. The standard InChI is InChI=1S/C15H13N5O/c1-2-5-11-9-18-12(8-10(11)4-1)15-19-14(20-21-15)13-16-6-3-7-17-13/h1-7,12,18H,8-9H2/t12-/m1/s1. The highest BCUT2D eigenvalue weighted by atomic mass is 16.5. The van der Waals surface area contributed by atoms with Gasteiger partial charge in [0.15, 0.2) is 0 Å². The van der Waals surface area contributed by atoms with Crippen molar-refractivity contribution in [2.75, 3.05) is 0 Å². The predicted molar refractivity (Wildman–Crippen MR) is 75.1 cm³/mol. The van der Waals surface area contributed by atoms with E-state index in [-0.39, 0.29) is 6.04 Å². The number of hydrogen-bond acceptors (Lipinski definition) is 6. The van der Waals surface area contributed by atoms with Gasteiger partial charge in [0, 0.05) is 18.9 Å². The first kappa shape index (κ1) is 12.2. The highest BCUT2D eigenvalue weighted by Crippen LogP contribution is 2.25. The first-order chi connectivity index (χ1) is 10.4. The Bertz CT molecular complexity index is 756. The van der Waals surface area contributed by atoms with Gasteiger partial charge in [-0.15, -0.1) is 0 Å². The van der Waals surface area contributed by atoms with Crippen LogP contribution < -0.4 is 5.32 Å². The second-order valence-corrected chi connectivity index (χ2v) is 4.93. The molecule has 0 amide bonds. The fraction of sp³-hybridized carbons (Fsp3) is 0.200. The lowest BCUT2D eigenvalue weighted by Crippen LogP contribution is -2.28. The van der Waals surface area contributed by atoms with Crippen molar-refractivity contribution in [2.24, 2.45) is 0 Å². The van der Waals surface area contributed by atoms with E-state index in [1.165, 1.54) is 11.1 Å². The van der Waals surface area contributed by atoms with Gasteiger partial charge in [-0.05, 0) is 23.6 Å². The van der Waals surface area contributed by atoms with Gasteiger partial charge in [0.2, 0.25) is 17.5 Å². The third-order valence-corrected chi connectivity index (χ3v) is 3.59. The summed E-state index contributed by atoms with van der Waals surface area (Å²) in [4.78, 5) is 12.7. The van der Waals surface area contributed by atoms with Crippen LogP contribution >= 0.6 is 0 Å². The molecular weight excluding hydrogens is 266 g/mol. The van der Waals surface area contributed by atoms with E-state index in [9.17, 15) is 0 Å². The molecule has 0 bridgehead atoms. The van der Waals surface area contributed by atoms with Crippen LogP contribution in [-0.2, 0) is 13.0 Å². The van der Waals surface area contributed by atoms with Gasteiger partial charge in [0.25, 0.3) is 0 Å². The van der Waals surface area contributed by atoms with Gasteiger partial charge in [0.05, 0.1) is 6.04 Å². The SMILES string of the molecule is c1cnc(-c2noc([C@H]3Cc4ccccc4CN3)n2)nc1. The molecule has 0 radical (unpaired) electrons. The molecule has 3 heterocycles. The number of nitrogens with zero attached hydrogens (tertiary/aromatic N) is 4. The molecule has 0 spiro atoms. The summed E-state index contributed by atoms with van der Waals surface area (Å²) in [6.07, 6.45) is 4.16. The molecule has 0 unspecified atom stereocenters. The van der Waals surface area contributed by atoms with E-state index >= 15 is 0 Å². The zero-order valence-corrected chi connectivity index (χ0v) is 11.2. The quantitative estimate of drug-likeness (QED) is 0.772. The number of hydrogen-bond donors (Lipinski definition) is 1. The van der Waals surface area contributed by atoms with Crippen molar-refractivity contribution in [3.05, 3.63) is 59.7 Å². The molecular formula is C15H13N5O. The molecule has 6 nitrogen and oxygen atoms in total. The van der Waals surface area contributed by atoms with Gasteiger partial charge in [-0.3, -0.25) is 0 Å². The van der Waals surface area contributed by atoms with Gasteiger partial charge < -0.3 is 9.84 Å². The second-order valence-electron chi connectivity index (χ2n) is 4.93. The van der Waals surface area contributed by atoms with Crippen LogP contribution in [0.5, 0.6) is 0 Å². The van der Waals surface area contributed by atoms with Crippen LogP contribution in [0.3, 0.4) is 0 Å². The highest BCUT2D eigenvalue weighted by Gasteiger charge is 2.24. The molecule has 0 aliphatic carbocycles. The molecule has 0 fully saturated rings. The van der Waals surface area contributed by atoms with E-state index in [4.69, 9.17) is 4.52 Å². The summed E-state index contributed by atoms with van der Waals surface area (Å²) in [5.74, 6) is 1.47. The molecule has 1 N–H and O–H groups in total. The fourth-order valence-corrected chi connectivity index (χ4v) is 2.51. The van der Waals surface area contributed by atoms with E-state index in [2.05, 4.69) is 49.7 Å². The van der Waals surface area contributed by atoms with Gasteiger partial charge in [-0.2, -0.15) is 4.98 Å². The Kier molecular flexibility index (Phi) is 2.93. The van der Waals surface area contributed by atoms with Crippen molar-refractivity contribution in [1.29, 1.82) is 0 Å². The summed E-state index contributed by atoms with van der Waals surface area (Å²) in [5.41, 5.74) is 2.64. The van der Waals surface area contributed by atoms with Gasteiger partial charge in [0.1, 0.15) is 0 Å². The van der Waals surface area contributed by atoms with Crippen molar-refractivity contribution in [1.82, 2.24) is 25.4 Å². The molecule has 21 heavy (non-hydrogen) atoms. The molecule has 1 aliphatic heterocycles. The lowest BCUT2D eigenvalue weighted by atomic mass is 9.96. The Labute approximate surface area is 121 Å². The summed E-state index contributed by atoms with van der Waals surface area (Å²) in [6, 6.07) is 10.2. The fourth-order valence-electron chi connectivity index (χ4n) is 2.51. The van der Waals surface area contributed by atoms with Crippen LogP contribution in [0.4, 0.5) is 0 Å². The molecule has 0 saturated carbocycles. The molecule has 4 rings (SSSR count). The smallest absolute Gasteiger partial charge is 0.244 e. The highest BCUT2D eigenvalue weighted by molar-refractivity contribution is 5.40. The van der Waals surface area contributed by atoms with Crippen LogP contribution in [0.25, 0.3) is 11.6 Å². The van der Waals surface area contributed by atoms with Crippen molar-refractivity contribution < 1.29 is 4.52 Å². The normalized spacial score (nSPS) is 17.4. The molecule has 1 aromatic carbocycles. The van der Waals surface area contributed by atoms with Crippen molar-refractivity contribution >= 4 is 0 Å². The molecule has 6 heteroatoms. The lowest BCUT2D eigenvalue weighted by molar-refractivity contribution is 0.321. The molecule has 2 aromatic heterocycles. The topological polar surface area (TPSA) is 76.7 Å². The zero-order valence-electron chi connectivity index (χ0n) is 11.2. The van der Waals surface area contributed by atoms with Crippen molar-refractivity contribution in [3.8, 4) is 11.6 Å². The molecule has 0 saturated heterocycles. The average Bonchev–Trinajstić information content (AvgIpc) is 3.05. The molecule has 1 atom stereocenters. The van der Waals surface area contributed by atoms with E-state index in [1.54, 1.807) is 18.5 Å². The molecule has 104 valence electrons. The summed E-state index contributed by atoms with van der Waals surface area (Å²) in [7, 11) is 0. The van der Waals surface area contributed by atoms with E-state index in [1.807, 2.05) is 0 Å². The number of aromatic nitrogens is 4. The van der Waals surface area contributed by atoms with E-state index in [0.29, 0.717) is 17.5 Å². The first-order valence-corrected chi connectivity index (χ1v) is 6.81. The molecule has 3 aromatic rings.